The number of amides is 1. The number of esters is 1. The van der Waals surface area contributed by atoms with Gasteiger partial charge in [0.15, 0.2) is 0 Å². The average molecular weight is 265 g/mol. The smallest absolute Gasteiger partial charge is 0.329 e. The summed E-state index contributed by atoms with van der Waals surface area (Å²) in [4.78, 5) is 25.6. The van der Waals surface area contributed by atoms with E-state index in [0.29, 0.717) is 13.0 Å². The lowest BCUT2D eigenvalue weighted by Crippen LogP contribution is -2.42. The van der Waals surface area contributed by atoms with Gasteiger partial charge in [0.25, 0.3) is 0 Å². The minimum absolute atomic E-state index is 0.133. The number of ether oxygens (including phenoxy) is 1. The van der Waals surface area contributed by atoms with Gasteiger partial charge in [0.1, 0.15) is 11.6 Å². The second kappa shape index (κ2) is 6.55. The lowest BCUT2D eigenvalue weighted by molar-refractivity contribution is -0.162. The van der Waals surface area contributed by atoms with Crippen molar-refractivity contribution in [2.75, 3.05) is 6.54 Å². The Morgan fingerprint density at radius 1 is 1.26 bits per heavy atom. The third-order valence-corrected chi connectivity index (χ3v) is 2.76. The fourth-order valence-corrected chi connectivity index (χ4v) is 1.99. The number of likely N-dealkylation sites (tertiary alicyclic amines) is 1. The SMILES string of the molecule is C/C=C/C=CC(=O)N1CCC[C@H]1C(=O)OC(C)(C)C. The van der Waals surface area contributed by atoms with Crippen molar-refractivity contribution >= 4 is 11.9 Å². The molecular formula is C15H23NO3. The molecule has 0 aromatic carbocycles. The lowest BCUT2D eigenvalue weighted by atomic mass is 10.1. The quantitative estimate of drug-likeness (QED) is 0.447. The van der Waals surface area contributed by atoms with Gasteiger partial charge in [-0.05, 0) is 40.5 Å². The van der Waals surface area contributed by atoms with Crippen LogP contribution in [0.25, 0.3) is 0 Å². The first-order valence-electron chi connectivity index (χ1n) is 6.68. The molecule has 1 amide bonds. The van der Waals surface area contributed by atoms with Crippen LogP contribution in [0.1, 0.15) is 40.5 Å². The average Bonchev–Trinajstić information content (AvgIpc) is 2.75. The molecule has 1 aliphatic heterocycles. The number of hydrogen-bond donors (Lipinski definition) is 0. The standard InChI is InChI=1S/C15H23NO3/c1-5-6-7-10-13(17)16-11-8-9-12(16)14(18)19-15(2,3)4/h5-7,10,12H,8-9,11H2,1-4H3/b6-5+,10-7?/t12-/m0/s1. The molecule has 1 rings (SSSR count). The highest BCUT2D eigenvalue weighted by molar-refractivity contribution is 5.92. The number of carbonyl (C=O) groups excluding carboxylic acids is 2. The van der Waals surface area contributed by atoms with Crippen LogP contribution in [-0.2, 0) is 14.3 Å². The van der Waals surface area contributed by atoms with E-state index in [2.05, 4.69) is 0 Å². The Morgan fingerprint density at radius 2 is 1.95 bits per heavy atom. The van der Waals surface area contributed by atoms with Crippen LogP contribution >= 0.6 is 0 Å². The summed E-state index contributed by atoms with van der Waals surface area (Å²) in [6, 6.07) is -0.443. The van der Waals surface area contributed by atoms with E-state index in [1.54, 1.807) is 17.1 Å². The molecule has 1 heterocycles. The summed E-state index contributed by atoms with van der Waals surface area (Å²) >= 11 is 0. The zero-order chi connectivity index (χ0) is 14.5. The van der Waals surface area contributed by atoms with E-state index < -0.39 is 11.6 Å². The summed E-state index contributed by atoms with van der Waals surface area (Å²) in [6.07, 6.45) is 8.33. The van der Waals surface area contributed by atoms with Crippen molar-refractivity contribution in [3.05, 3.63) is 24.3 Å². The Kier molecular flexibility index (Phi) is 5.33. The molecule has 0 spiro atoms. The first kappa shape index (κ1) is 15.5. The molecule has 106 valence electrons. The van der Waals surface area contributed by atoms with Crippen LogP contribution in [0.2, 0.25) is 0 Å². The second-order valence-corrected chi connectivity index (χ2v) is 5.61. The summed E-state index contributed by atoms with van der Waals surface area (Å²) in [6.45, 7) is 7.99. The van der Waals surface area contributed by atoms with Gasteiger partial charge in [0, 0.05) is 12.6 Å². The maximum absolute atomic E-state index is 12.1. The van der Waals surface area contributed by atoms with E-state index in [-0.39, 0.29) is 11.9 Å². The summed E-state index contributed by atoms with van der Waals surface area (Å²) in [5.41, 5.74) is -0.519. The van der Waals surface area contributed by atoms with Crippen LogP contribution in [-0.4, -0.2) is 35.0 Å². The van der Waals surface area contributed by atoms with Crippen LogP contribution < -0.4 is 0 Å². The van der Waals surface area contributed by atoms with Crippen molar-refractivity contribution in [1.82, 2.24) is 4.90 Å². The molecule has 1 aliphatic rings. The Morgan fingerprint density at radius 3 is 2.53 bits per heavy atom. The van der Waals surface area contributed by atoms with Crippen LogP contribution in [0.5, 0.6) is 0 Å². The summed E-state index contributed by atoms with van der Waals surface area (Å²) in [7, 11) is 0. The van der Waals surface area contributed by atoms with Crippen molar-refractivity contribution in [3.8, 4) is 0 Å². The number of hydrogen-bond acceptors (Lipinski definition) is 3. The highest BCUT2D eigenvalue weighted by atomic mass is 16.6. The van der Waals surface area contributed by atoms with Crippen LogP contribution in [0.15, 0.2) is 24.3 Å². The molecule has 0 saturated carbocycles. The fraction of sp³-hybridized carbons (Fsp3) is 0.600. The van der Waals surface area contributed by atoms with Gasteiger partial charge in [-0.1, -0.05) is 18.2 Å². The van der Waals surface area contributed by atoms with Gasteiger partial charge in [0.2, 0.25) is 5.91 Å². The molecule has 0 aliphatic carbocycles. The van der Waals surface area contributed by atoms with Gasteiger partial charge in [-0.3, -0.25) is 4.79 Å². The second-order valence-electron chi connectivity index (χ2n) is 5.61. The minimum Gasteiger partial charge on any atom is -0.458 e. The van der Waals surface area contributed by atoms with E-state index in [1.165, 1.54) is 6.08 Å². The fourth-order valence-electron chi connectivity index (χ4n) is 1.99. The molecule has 0 radical (unpaired) electrons. The topological polar surface area (TPSA) is 46.6 Å². The number of allylic oxidation sites excluding steroid dienone is 3. The van der Waals surface area contributed by atoms with Crippen molar-refractivity contribution in [1.29, 1.82) is 0 Å². The molecule has 1 saturated heterocycles. The Balaban J connectivity index is 2.68. The van der Waals surface area contributed by atoms with Gasteiger partial charge < -0.3 is 9.64 Å². The van der Waals surface area contributed by atoms with Gasteiger partial charge in [0.05, 0.1) is 0 Å². The first-order valence-corrected chi connectivity index (χ1v) is 6.68. The normalized spacial score (nSPS) is 20.4. The Bertz CT molecular complexity index is 391. The van der Waals surface area contributed by atoms with Gasteiger partial charge >= 0.3 is 5.97 Å². The Labute approximate surface area is 115 Å². The maximum atomic E-state index is 12.1. The highest BCUT2D eigenvalue weighted by Crippen LogP contribution is 2.21. The van der Waals surface area contributed by atoms with E-state index in [0.717, 1.165) is 6.42 Å². The number of nitrogens with zero attached hydrogens (tertiary/aromatic N) is 1. The van der Waals surface area contributed by atoms with E-state index >= 15 is 0 Å². The molecule has 19 heavy (non-hydrogen) atoms. The zero-order valence-corrected chi connectivity index (χ0v) is 12.2. The van der Waals surface area contributed by atoms with Gasteiger partial charge in [-0.15, -0.1) is 0 Å². The van der Waals surface area contributed by atoms with Gasteiger partial charge in [-0.25, -0.2) is 4.79 Å². The van der Waals surface area contributed by atoms with E-state index in [1.807, 2.05) is 33.8 Å². The van der Waals surface area contributed by atoms with Crippen LogP contribution in [0.4, 0.5) is 0 Å². The molecule has 4 heteroatoms. The molecule has 0 aromatic rings. The van der Waals surface area contributed by atoms with Crippen LogP contribution in [0.3, 0.4) is 0 Å². The summed E-state index contributed by atoms with van der Waals surface area (Å²) < 4.78 is 5.36. The van der Waals surface area contributed by atoms with Crippen molar-refractivity contribution in [2.24, 2.45) is 0 Å². The number of carbonyl (C=O) groups is 2. The molecule has 0 aromatic heterocycles. The number of rotatable bonds is 3. The van der Waals surface area contributed by atoms with Crippen LogP contribution in [0, 0.1) is 0 Å². The molecule has 0 bridgehead atoms. The van der Waals surface area contributed by atoms with Gasteiger partial charge in [-0.2, -0.15) is 0 Å². The molecule has 1 atom stereocenters. The van der Waals surface area contributed by atoms with E-state index in [9.17, 15) is 9.59 Å². The van der Waals surface area contributed by atoms with Crippen molar-refractivity contribution in [2.45, 2.75) is 52.2 Å². The minimum atomic E-state index is -0.519. The molecule has 1 fully saturated rings. The lowest BCUT2D eigenvalue weighted by Gasteiger charge is -2.26. The zero-order valence-electron chi connectivity index (χ0n) is 12.2. The third kappa shape index (κ3) is 4.89. The largest absolute Gasteiger partial charge is 0.458 e. The van der Waals surface area contributed by atoms with E-state index in [4.69, 9.17) is 4.74 Å². The maximum Gasteiger partial charge on any atom is 0.329 e. The van der Waals surface area contributed by atoms with Crippen molar-refractivity contribution < 1.29 is 14.3 Å². The Hall–Kier alpha value is -1.58. The predicted octanol–water partition coefficient (Wildman–Crippen LogP) is 2.45. The summed E-state index contributed by atoms with van der Waals surface area (Å²) in [5.74, 6) is -0.441. The molecular weight excluding hydrogens is 242 g/mol. The highest BCUT2D eigenvalue weighted by Gasteiger charge is 2.35. The first-order chi connectivity index (χ1) is 8.85. The monoisotopic (exact) mass is 265 g/mol. The summed E-state index contributed by atoms with van der Waals surface area (Å²) in [5, 5.41) is 0. The molecule has 0 N–H and O–H groups in total. The molecule has 0 unspecified atom stereocenters. The predicted molar refractivity (Wildman–Crippen MR) is 74.5 cm³/mol. The van der Waals surface area contributed by atoms with Crippen molar-refractivity contribution in [3.63, 3.8) is 0 Å². The third-order valence-electron chi connectivity index (χ3n) is 2.76. The molecule has 4 nitrogen and oxygen atoms in total.